The molecule has 0 saturated carbocycles. The van der Waals surface area contributed by atoms with Crippen LogP contribution in [0.5, 0.6) is 0 Å². The zero-order chi connectivity index (χ0) is 20.9. The molecule has 1 atom stereocenters. The van der Waals surface area contributed by atoms with Crippen LogP contribution in [0, 0.1) is 5.82 Å². The maximum absolute atomic E-state index is 14.0. The number of benzene rings is 2. The van der Waals surface area contributed by atoms with Crippen molar-refractivity contribution in [1.82, 2.24) is 0 Å². The van der Waals surface area contributed by atoms with Gasteiger partial charge in [0.15, 0.2) is 5.78 Å². The van der Waals surface area contributed by atoms with Gasteiger partial charge in [0.05, 0.1) is 13.2 Å². The van der Waals surface area contributed by atoms with E-state index in [1.54, 1.807) is 12.1 Å². The number of allylic oxidation sites excluding steroid dienone is 1. The van der Waals surface area contributed by atoms with Crippen LogP contribution >= 0.6 is 7.60 Å². The summed E-state index contributed by atoms with van der Waals surface area (Å²) in [5, 5.41) is 0. The van der Waals surface area contributed by atoms with E-state index in [2.05, 4.69) is 13.0 Å². The van der Waals surface area contributed by atoms with Crippen molar-refractivity contribution >= 4 is 19.4 Å². The highest BCUT2D eigenvalue weighted by atomic mass is 31.2. The molecule has 6 heteroatoms. The molecular formula is C23H29FNO3P. The molecule has 1 unspecified atom stereocenters. The van der Waals surface area contributed by atoms with E-state index in [9.17, 15) is 8.96 Å². The lowest BCUT2D eigenvalue weighted by Gasteiger charge is -2.42. The molecule has 29 heavy (non-hydrogen) atoms. The second kappa shape index (κ2) is 9.71. The molecular weight excluding hydrogens is 388 g/mol. The number of nitrogens with zero attached hydrogens (tertiary/aromatic N) is 1. The molecule has 2 aromatic carbocycles. The van der Waals surface area contributed by atoms with Crippen molar-refractivity contribution < 1.29 is 18.0 Å². The molecule has 0 aliphatic carbocycles. The molecule has 0 radical (unpaired) electrons. The predicted octanol–water partition coefficient (Wildman–Crippen LogP) is 7.14. The van der Waals surface area contributed by atoms with Crippen molar-refractivity contribution in [3.8, 4) is 0 Å². The molecule has 4 nitrogen and oxygen atoms in total. The van der Waals surface area contributed by atoms with Gasteiger partial charge >= 0.3 is 7.60 Å². The first kappa shape index (κ1) is 21.8. The summed E-state index contributed by atoms with van der Waals surface area (Å²) in [6.07, 6.45) is 4.98. The molecule has 0 amide bonds. The van der Waals surface area contributed by atoms with E-state index in [1.165, 1.54) is 12.1 Å². The minimum atomic E-state index is -3.54. The molecule has 0 fully saturated rings. The standard InChI is InChI=1S/C23H29FNO3P/c1-4-7-11-21-17-18-10-8-9-12-22(18)23(29(26,27-5-2)28-6-3)25(21)20-15-13-19(24)14-16-20/h8-10,12-17,23H,4-7,11H2,1-3H3. The summed E-state index contributed by atoms with van der Waals surface area (Å²) >= 11 is 0. The minimum absolute atomic E-state index is 0.279. The van der Waals surface area contributed by atoms with Crippen LogP contribution in [0.3, 0.4) is 0 Å². The molecule has 0 spiro atoms. The van der Waals surface area contributed by atoms with E-state index in [4.69, 9.17) is 9.05 Å². The van der Waals surface area contributed by atoms with E-state index >= 15 is 0 Å². The highest BCUT2D eigenvalue weighted by molar-refractivity contribution is 7.54. The van der Waals surface area contributed by atoms with E-state index in [-0.39, 0.29) is 19.0 Å². The fourth-order valence-corrected chi connectivity index (χ4v) is 5.95. The Labute approximate surface area is 172 Å². The van der Waals surface area contributed by atoms with E-state index in [0.717, 1.165) is 41.8 Å². The number of anilines is 1. The minimum Gasteiger partial charge on any atom is -0.326 e. The summed E-state index contributed by atoms with van der Waals surface area (Å²) in [4.78, 5) is 2.02. The first-order valence-electron chi connectivity index (χ1n) is 10.3. The van der Waals surface area contributed by atoms with Gasteiger partial charge < -0.3 is 13.9 Å². The first-order chi connectivity index (χ1) is 14.0. The van der Waals surface area contributed by atoms with Crippen molar-refractivity contribution in [1.29, 1.82) is 0 Å². The highest BCUT2D eigenvalue weighted by Crippen LogP contribution is 2.65. The Morgan fingerprint density at radius 1 is 1.00 bits per heavy atom. The molecule has 0 saturated heterocycles. The zero-order valence-corrected chi connectivity index (χ0v) is 18.2. The topological polar surface area (TPSA) is 38.8 Å². The average molecular weight is 417 g/mol. The fraction of sp³-hybridized carbons (Fsp3) is 0.391. The van der Waals surface area contributed by atoms with Gasteiger partial charge in [-0.1, -0.05) is 37.6 Å². The van der Waals surface area contributed by atoms with Gasteiger partial charge in [-0.05, 0) is 68.2 Å². The lowest BCUT2D eigenvalue weighted by molar-refractivity contribution is 0.211. The van der Waals surface area contributed by atoms with Crippen molar-refractivity contribution in [3.63, 3.8) is 0 Å². The lowest BCUT2D eigenvalue weighted by Crippen LogP contribution is -2.32. The van der Waals surface area contributed by atoms with Gasteiger partial charge in [-0.15, -0.1) is 0 Å². The van der Waals surface area contributed by atoms with Gasteiger partial charge in [-0.2, -0.15) is 0 Å². The fourth-order valence-electron chi connectivity index (χ4n) is 3.73. The summed E-state index contributed by atoms with van der Waals surface area (Å²) in [5.41, 5.74) is 3.71. The third-order valence-corrected chi connectivity index (χ3v) is 7.30. The Morgan fingerprint density at radius 2 is 1.66 bits per heavy atom. The van der Waals surface area contributed by atoms with E-state index in [0.29, 0.717) is 0 Å². The number of rotatable bonds is 9. The molecule has 1 aliphatic rings. The van der Waals surface area contributed by atoms with Gasteiger partial charge in [0, 0.05) is 11.4 Å². The van der Waals surface area contributed by atoms with Gasteiger partial charge in [0.1, 0.15) is 5.82 Å². The molecule has 156 valence electrons. The molecule has 0 aromatic heterocycles. The SMILES string of the molecule is CCCCC1=Cc2ccccc2C(P(=O)(OCC)OCC)N1c1ccc(F)cc1. The van der Waals surface area contributed by atoms with Crippen molar-refractivity contribution in [2.24, 2.45) is 0 Å². The Balaban J connectivity index is 2.22. The Morgan fingerprint density at radius 3 is 2.28 bits per heavy atom. The van der Waals surface area contributed by atoms with Crippen LogP contribution in [0.4, 0.5) is 10.1 Å². The number of halogens is 1. The van der Waals surface area contributed by atoms with Crippen LogP contribution in [0.1, 0.15) is 56.9 Å². The van der Waals surface area contributed by atoms with Gasteiger partial charge in [0.25, 0.3) is 0 Å². The Bertz CT molecular complexity index is 887. The first-order valence-corrected chi connectivity index (χ1v) is 11.9. The maximum Gasteiger partial charge on any atom is 0.357 e. The van der Waals surface area contributed by atoms with E-state index in [1.807, 2.05) is 43.0 Å². The summed E-state index contributed by atoms with van der Waals surface area (Å²) in [6, 6.07) is 14.2. The molecule has 3 rings (SSSR count). The molecule has 1 aliphatic heterocycles. The van der Waals surface area contributed by atoms with Crippen molar-refractivity contribution in [2.45, 2.75) is 45.8 Å². The summed E-state index contributed by atoms with van der Waals surface area (Å²) < 4.78 is 39.2. The van der Waals surface area contributed by atoms with Crippen molar-refractivity contribution in [3.05, 3.63) is 71.2 Å². The van der Waals surface area contributed by atoms with Crippen LogP contribution < -0.4 is 4.90 Å². The Hall–Kier alpha value is -1.94. The summed E-state index contributed by atoms with van der Waals surface area (Å²) in [5.74, 6) is -0.930. The number of unbranched alkanes of at least 4 members (excludes halogenated alkanes) is 1. The molecule has 0 N–H and O–H groups in total. The van der Waals surface area contributed by atoms with E-state index < -0.39 is 13.4 Å². The number of hydrogen-bond donors (Lipinski definition) is 0. The number of hydrogen-bond acceptors (Lipinski definition) is 4. The smallest absolute Gasteiger partial charge is 0.326 e. The molecule has 1 heterocycles. The predicted molar refractivity (Wildman–Crippen MR) is 116 cm³/mol. The highest BCUT2D eigenvalue weighted by Gasteiger charge is 2.45. The quantitative estimate of drug-likeness (QED) is 0.406. The van der Waals surface area contributed by atoms with Crippen LogP contribution in [0.15, 0.2) is 54.2 Å². The zero-order valence-electron chi connectivity index (χ0n) is 17.3. The second-order valence-corrected chi connectivity index (χ2v) is 9.05. The van der Waals surface area contributed by atoms with Crippen LogP contribution in [-0.4, -0.2) is 13.2 Å². The average Bonchev–Trinajstić information content (AvgIpc) is 2.72. The summed E-state index contributed by atoms with van der Waals surface area (Å²) in [7, 11) is -3.54. The Kier molecular flexibility index (Phi) is 7.28. The molecule has 2 aromatic rings. The van der Waals surface area contributed by atoms with Gasteiger partial charge in [-0.3, -0.25) is 4.57 Å². The van der Waals surface area contributed by atoms with Gasteiger partial charge in [0.2, 0.25) is 0 Å². The van der Waals surface area contributed by atoms with Crippen LogP contribution in [0.2, 0.25) is 0 Å². The van der Waals surface area contributed by atoms with Crippen LogP contribution in [0.25, 0.3) is 6.08 Å². The normalized spacial score (nSPS) is 16.5. The molecule has 0 bridgehead atoms. The third kappa shape index (κ3) is 4.63. The summed E-state index contributed by atoms with van der Waals surface area (Å²) in [6.45, 7) is 6.33. The monoisotopic (exact) mass is 417 g/mol. The van der Waals surface area contributed by atoms with Crippen molar-refractivity contribution in [2.75, 3.05) is 18.1 Å². The largest absolute Gasteiger partial charge is 0.357 e. The third-order valence-electron chi connectivity index (χ3n) is 4.96. The maximum atomic E-state index is 14.0. The van der Waals surface area contributed by atoms with Gasteiger partial charge in [-0.25, -0.2) is 4.39 Å². The lowest BCUT2D eigenvalue weighted by atomic mass is 9.98. The van der Waals surface area contributed by atoms with Crippen LogP contribution in [-0.2, 0) is 13.6 Å². The number of fused-ring (bicyclic) bond motifs is 1. The second-order valence-electron chi connectivity index (χ2n) is 6.96.